The Kier molecular flexibility index (Phi) is 5.91. The third-order valence-corrected chi connectivity index (χ3v) is 4.57. The Bertz CT molecular complexity index is 878. The number of rotatable bonds is 6. The summed E-state index contributed by atoms with van der Waals surface area (Å²) in [4.78, 5) is 4.49. The fourth-order valence-corrected chi connectivity index (χ4v) is 3.29. The lowest BCUT2D eigenvalue weighted by molar-refractivity contribution is 0.340. The molecule has 2 aromatic carbocycles. The number of hydrogen-bond acceptors (Lipinski definition) is 5. The van der Waals surface area contributed by atoms with E-state index in [0.29, 0.717) is 21.8 Å². The van der Waals surface area contributed by atoms with Gasteiger partial charge in [0.15, 0.2) is 0 Å². The first-order chi connectivity index (χ1) is 12.2. The number of anilines is 1. The minimum absolute atomic E-state index is 0.572. The van der Waals surface area contributed by atoms with Crippen LogP contribution in [0.5, 0.6) is 5.75 Å². The molecule has 1 heterocycles. The second-order valence-electron chi connectivity index (χ2n) is 5.03. The molecule has 0 aliphatic heterocycles. The van der Waals surface area contributed by atoms with Crippen molar-refractivity contribution in [2.75, 3.05) is 12.0 Å². The molecule has 0 aliphatic rings. The van der Waals surface area contributed by atoms with Crippen LogP contribution in [0.15, 0.2) is 52.9 Å². The average molecular weight is 392 g/mol. The van der Waals surface area contributed by atoms with Gasteiger partial charge in [0.1, 0.15) is 5.75 Å². The standard InChI is InChI=1S/C18H15Cl2N3OS/c1-2-24-14-6-3-12(4-7-14)10-21-23-18-22-17(11-25-18)15-8-5-13(19)9-16(15)20/h3-11H,2H2,1H3,(H,22,23). The number of nitrogens with zero attached hydrogens (tertiary/aromatic N) is 2. The Labute approximate surface area is 160 Å². The van der Waals surface area contributed by atoms with Crippen molar-refractivity contribution in [3.8, 4) is 17.0 Å². The fraction of sp³-hybridized carbons (Fsp3) is 0.111. The van der Waals surface area contributed by atoms with Crippen LogP contribution in [0.4, 0.5) is 5.13 Å². The zero-order valence-corrected chi connectivity index (χ0v) is 15.7. The third-order valence-electron chi connectivity index (χ3n) is 3.28. The summed E-state index contributed by atoms with van der Waals surface area (Å²) in [6, 6.07) is 13.1. The molecular formula is C18H15Cl2N3OS. The third kappa shape index (κ3) is 4.72. The molecule has 25 heavy (non-hydrogen) atoms. The van der Waals surface area contributed by atoms with Crippen molar-refractivity contribution in [1.29, 1.82) is 0 Å². The van der Waals surface area contributed by atoms with Crippen LogP contribution < -0.4 is 10.2 Å². The molecule has 128 valence electrons. The van der Waals surface area contributed by atoms with E-state index in [2.05, 4.69) is 15.5 Å². The Hall–Kier alpha value is -2.08. The van der Waals surface area contributed by atoms with E-state index in [4.69, 9.17) is 27.9 Å². The van der Waals surface area contributed by atoms with Gasteiger partial charge in [0.2, 0.25) is 5.13 Å². The lowest BCUT2D eigenvalue weighted by Gasteiger charge is -2.02. The maximum atomic E-state index is 6.21. The van der Waals surface area contributed by atoms with Gasteiger partial charge in [0, 0.05) is 16.0 Å². The number of benzene rings is 2. The highest BCUT2D eigenvalue weighted by molar-refractivity contribution is 7.14. The highest BCUT2D eigenvalue weighted by Gasteiger charge is 2.08. The fourth-order valence-electron chi connectivity index (χ4n) is 2.12. The molecule has 7 heteroatoms. The van der Waals surface area contributed by atoms with Crippen molar-refractivity contribution in [2.24, 2.45) is 5.10 Å². The summed E-state index contributed by atoms with van der Waals surface area (Å²) in [7, 11) is 0. The van der Waals surface area contributed by atoms with Gasteiger partial charge in [-0.3, -0.25) is 5.43 Å². The van der Waals surface area contributed by atoms with Crippen LogP contribution in [-0.4, -0.2) is 17.8 Å². The van der Waals surface area contributed by atoms with Crippen LogP contribution in [0, 0.1) is 0 Å². The van der Waals surface area contributed by atoms with E-state index < -0.39 is 0 Å². The Balaban J connectivity index is 1.65. The molecule has 3 aromatic rings. The van der Waals surface area contributed by atoms with E-state index >= 15 is 0 Å². The van der Waals surface area contributed by atoms with E-state index in [0.717, 1.165) is 22.6 Å². The summed E-state index contributed by atoms with van der Waals surface area (Å²) in [5.41, 5.74) is 5.52. The van der Waals surface area contributed by atoms with E-state index in [1.54, 1.807) is 18.3 Å². The predicted molar refractivity (Wildman–Crippen MR) is 106 cm³/mol. The number of nitrogens with one attached hydrogen (secondary N) is 1. The number of hydrogen-bond donors (Lipinski definition) is 1. The minimum Gasteiger partial charge on any atom is -0.494 e. The Morgan fingerprint density at radius 2 is 2.00 bits per heavy atom. The molecule has 0 atom stereocenters. The number of hydrazone groups is 1. The van der Waals surface area contributed by atoms with Crippen molar-refractivity contribution >= 4 is 45.9 Å². The molecule has 0 unspecified atom stereocenters. The van der Waals surface area contributed by atoms with Crippen molar-refractivity contribution in [3.63, 3.8) is 0 Å². The van der Waals surface area contributed by atoms with E-state index in [1.807, 2.05) is 42.6 Å². The summed E-state index contributed by atoms with van der Waals surface area (Å²) in [6.07, 6.45) is 1.73. The quantitative estimate of drug-likeness (QED) is 0.416. The molecule has 4 nitrogen and oxygen atoms in total. The molecule has 0 saturated heterocycles. The predicted octanol–water partition coefficient (Wildman–Crippen LogP) is 5.96. The van der Waals surface area contributed by atoms with Gasteiger partial charge in [0.25, 0.3) is 0 Å². The molecule has 1 N–H and O–H groups in total. The first-order valence-corrected chi connectivity index (χ1v) is 9.22. The largest absolute Gasteiger partial charge is 0.494 e. The zero-order chi connectivity index (χ0) is 17.6. The second-order valence-corrected chi connectivity index (χ2v) is 6.74. The summed E-state index contributed by atoms with van der Waals surface area (Å²) < 4.78 is 5.41. The molecule has 0 aliphatic carbocycles. The van der Waals surface area contributed by atoms with E-state index in [9.17, 15) is 0 Å². The highest BCUT2D eigenvalue weighted by atomic mass is 35.5. The monoisotopic (exact) mass is 391 g/mol. The van der Waals surface area contributed by atoms with Gasteiger partial charge in [-0.1, -0.05) is 23.2 Å². The maximum absolute atomic E-state index is 6.21. The number of thiazole rings is 1. The van der Waals surface area contributed by atoms with Crippen LogP contribution in [0.1, 0.15) is 12.5 Å². The van der Waals surface area contributed by atoms with Crippen LogP contribution in [0.2, 0.25) is 10.0 Å². The summed E-state index contributed by atoms with van der Waals surface area (Å²) in [5, 5.41) is 7.98. The summed E-state index contributed by atoms with van der Waals surface area (Å²) in [6.45, 7) is 2.61. The van der Waals surface area contributed by atoms with Gasteiger partial charge >= 0.3 is 0 Å². The molecule has 0 saturated carbocycles. The molecule has 0 radical (unpaired) electrons. The maximum Gasteiger partial charge on any atom is 0.203 e. The van der Waals surface area contributed by atoms with Gasteiger partial charge in [-0.05, 0) is 55.0 Å². The van der Waals surface area contributed by atoms with Crippen molar-refractivity contribution in [2.45, 2.75) is 6.92 Å². The SMILES string of the molecule is CCOc1ccc(C=NNc2nc(-c3ccc(Cl)cc3Cl)cs2)cc1. The van der Waals surface area contributed by atoms with Crippen LogP contribution in [-0.2, 0) is 0 Å². The average Bonchev–Trinajstić information content (AvgIpc) is 3.05. The normalized spacial score (nSPS) is 11.0. The number of ether oxygens (including phenoxy) is 1. The van der Waals surface area contributed by atoms with Gasteiger partial charge in [-0.15, -0.1) is 11.3 Å². The van der Waals surface area contributed by atoms with Gasteiger partial charge in [-0.25, -0.2) is 4.98 Å². The van der Waals surface area contributed by atoms with Crippen molar-refractivity contribution in [3.05, 3.63) is 63.5 Å². The van der Waals surface area contributed by atoms with E-state index in [-0.39, 0.29) is 0 Å². The molecule has 1 aromatic heterocycles. The van der Waals surface area contributed by atoms with Crippen molar-refractivity contribution < 1.29 is 4.74 Å². The van der Waals surface area contributed by atoms with E-state index in [1.165, 1.54) is 11.3 Å². The topological polar surface area (TPSA) is 46.5 Å². The highest BCUT2D eigenvalue weighted by Crippen LogP contribution is 2.32. The van der Waals surface area contributed by atoms with Gasteiger partial charge in [0.05, 0.1) is 23.5 Å². The van der Waals surface area contributed by atoms with Gasteiger partial charge < -0.3 is 4.74 Å². The Morgan fingerprint density at radius 1 is 1.20 bits per heavy atom. The minimum atomic E-state index is 0.572. The molecular weight excluding hydrogens is 377 g/mol. The van der Waals surface area contributed by atoms with Crippen LogP contribution in [0.3, 0.4) is 0 Å². The lowest BCUT2D eigenvalue weighted by atomic mass is 10.2. The molecule has 0 bridgehead atoms. The second kappa shape index (κ2) is 8.34. The Morgan fingerprint density at radius 3 is 2.72 bits per heavy atom. The number of aromatic nitrogens is 1. The molecule has 0 amide bonds. The summed E-state index contributed by atoms with van der Waals surface area (Å²) in [5.74, 6) is 0.844. The summed E-state index contributed by atoms with van der Waals surface area (Å²) >= 11 is 13.6. The van der Waals surface area contributed by atoms with Crippen LogP contribution >= 0.6 is 34.5 Å². The molecule has 3 rings (SSSR count). The van der Waals surface area contributed by atoms with Crippen LogP contribution in [0.25, 0.3) is 11.3 Å². The molecule has 0 spiro atoms. The van der Waals surface area contributed by atoms with Crippen molar-refractivity contribution in [1.82, 2.24) is 4.98 Å². The lowest BCUT2D eigenvalue weighted by Crippen LogP contribution is -1.92. The first-order valence-electron chi connectivity index (χ1n) is 7.58. The first kappa shape index (κ1) is 17.7. The number of halogens is 2. The zero-order valence-electron chi connectivity index (χ0n) is 13.4. The smallest absolute Gasteiger partial charge is 0.203 e. The molecule has 0 fully saturated rings. The van der Waals surface area contributed by atoms with Gasteiger partial charge in [-0.2, -0.15) is 5.10 Å².